The van der Waals surface area contributed by atoms with Crippen LogP contribution in [0, 0.1) is 0 Å². The average Bonchev–Trinajstić information content (AvgIpc) is 2.48. The lowest BCUT2D eigenvalue weighted by Crippen LogP contribution is -2.54. The zero-order valence-corrected chi connectivity index (χ0v) is 11.3. The summed E-state index contributed by atoms with van der Waals surface area (Å²) in [4.78, 5) is 12.2. The van der Waals surface area contributed by atoms with Crippen LogP contribution in [0.3, 0.4) is 0 Å². The topological polar surface area (TPSA) is 58.6 Å². The SMILES string of the molecule is CCc1ccc(C(=O)NC2(CO)CCOCC2)cc1. The van der Waals surface area contributed by atoms with Crippen LogP contribution >= 0.6 is 0 Å². The number of hydrogen-bond donors (Lipinski definition) is 2. The van der Waals surface area contributed by atoms with Crippen molar-refractivity contribution in [3.8, 4) is 0 Å². The number of carbonyl (C=O) groups excluding carboxylic acids is 1. The molecule has 0 aliphatic carbocycles. The van der Waals surface area contributed by atoms with E-state index in [0.29, 0.717) is 31.6 Å². The summed E-state index contributed by atoms with van der Waals surface area (Å²) in [6.45, 7) is 3.19. The molecule has 0 unspecified atom stereocenters. The number of nitrogens with one attached hydrogen (secondary N) is 1. The molecule has 1 aliphatic heterocycles. The number of amides is 1. The maximum atomic E-state index is 12.2. The molecule has 104 valence electrons. The highest BCUT2D eigenvalue weighted by Crippen LogP contribution is 2.20. The Bertz CT molecular complexity index is 422. The first-order valence-corrected chi connectivity index (χ1v) is 6.79. The quantitative estimate of drug-likeness (QED) is 0.866. The number of aryl methyl sites for hydroxylation is 1. The van der Waals surface area contributed by atoms with Crippen LogP contribution < -0.4 is 5.32 Å². The van der Waals surface area contributed by atoms with Gasteiger partial charge in [0.1, 0.15) is 0 Å². The Labute approximate surface area is 113 Å². The van der Waals surface area contributed by atoms with E-state index in [2.05, 4.69) is 12.2 Å². The Balaban J connectivity index is 2.06. The average molecular weight is 263 g/mol. The van der Waals surface area contributed by atoms with E-state index in [4.69, 9.17) is 4.74 Å². The number of ether oxygens (including phenoxy) is 1. The lowest BCUT2D eigenvalue weighted by atomic mass is 9.90. The van der Waals surface area contributed by atoms with Crippen molar-refractivity contribution in [2.24, 2.45) is 0 Å². The molecule has 0 radical (unpaired) electrons. The number of carbonyl (C=O) groups is 1. The smallest absolute Gasteiger partial charge is 0.251 e. The van der Waals surface area contributed by atoms with Gasteiger partial charge in [-0.3, -0.25) is 4.79 Å². The molecule has 1 saturated heterocycles. The fraction of sp³-hybridized carbons (Fsp3) is 0.533. The second-order valence-electron chi connectivity index (χ2n) is 5.06. The molecule has 1 aromatic rings. The van der Waals surface area contributed by atoms with Gasteiger partial charge in [0.25, 0.3) is 5.91 Å². The van der Waals surface area contributed by atoms with Crippen molar-refractivity contribution in [2.45, 2.75) is 31.7 Å². The van der Waals surface area contributed by atoms with Gasteiger partial charge in [-0.05, 0) is 37.0 Å². The third kappa shape index (κ3) is 3.33. The van der Waals surface area contributed by atoms with Gasteiger partial charge in [-0.2, -0.15) is 0 Å². The summed E-state index contributed by atoms with van der Waals surface area (Å²) in [6, 6.07) is 7.59. The van der Waals surface area contributed by atoms with Crippen molar-refractivity contribution in [2.75, 3.05) is 19.8 Å². The van der Waals surface area contributed by atoms with Crippen LogP contribution in [0.1, 0.15) is 35.7 Å². The molecule has 1 amide bonds. The molecule has 2 N–H and O–H groups in total. The maximum absolute atomic E-state index is 12.2. The van der Waals surface area contributed by atoms with E-state index in [9.17, 15) is 9.90 Å². The zero-order chi connectivity index (χ0) is 13.7. The summed E-state index contributed by atoms with van der Waals surface area (Å²) < 4.78 is 5.28. The molecule has 0 atom stereocenters. The lowest BCUT2D eigenvalue weighted by Gasteiger charge is -2.36. The predicted molar refractivity (Wildman–Crippen MR) is 73.2 cm³/mol. The minimum absolute atomic E-state index is 0.0465. The van der Waals surface area contributed by atoms with E-state index in [1.165, 1.54) is 5.56 Å². The Hall–Kier alpha value is -1.39. The molecule has 1 heterocycles. The number of hydrogen-bond acceptors (Lipinski definition) is 3. The second kappa shape index (κ2) is 6.17. The molecular weight excluding hydrogens is 242 g/mol. The highest BCUT2D eigenvalue weighted by Gasteiger charge is 2.33. The third-order valence-electron chi connectivity index (χ3n) is 3.76. The van der Waals surface area contributed by atoms with Gasteiger partial charge in [-0.1, -0.05) is 19.1 Å². The van der Waals surface area contributed by atoms with Gasteiger partial charge in [0, 0.05) is 18.8 Å². The van der Waals surface area contributed by atoms with Crippen LogP contribution in [0.2, 0.25) is 0 Å². The number of benzene rings is 1. The van der Waals surface area contributed by atoms with Crippen LogP contribution in [0.5, 0.6) is 0 Å². The first-order chi connectivity index (χ1) is 9.19. The minimum atomic E-state index is -0.529. The van der Waals surface area contributed by atoms with Crippen LogP contribution in [0.4, 0.5) is 0 Å². The number of aliphatic hydroxyl groups is 1. The first kappa shape index (κ1) is 14.0. The molecule has 0 bridgehead atoms. The first-order valence-electron chi connectivity index (χ1n) is 6.79. The van der Waals surface area contributed by atoms with E-state index in [0.717, 1.165) is 6.42 Å². The van der Waals surface area contributed by atoms with E-state index in [1.807, 2.05) is 24.3 Å². The Morgan fingerprint density at radius 3 is 2.47 bits per heavy atom. The molecule has 1 fully saturated rings. The normalized spacial score (nSPS) is 18.0. The molecule has 1 aliphatic rings. The standard InChI is InChI=1S/C15H21NO3/c1-2-12-3-5-13(6-4-12)14(18)16-15(11-17)7-9-19-10-8-15/h3-6,17H,2,7-11H2,1H3,(H,16,18). The third-order valence-corrected chi connectivity index (χ3v) is 3.76. The minimum Gasteiger partial charge on any atom is -0.394 e. The van der Waals surface area contributed by atoms with Crippen LogP contribution in [-0.2, 0) is 11.2 Å². The molecule has 0 spiro atoms. The van der Waals surface area contributed by atoms with Gasteiger partial charge in [0.2, 0.25) is 0 Å². The fourth-order valence-corrected chi connectivity index (χ4v) is 2.29. The van der Waals surface area contributed by atoms with Crippen LogP contribution in [0.25, 0.3) is 0 Å². The molecule has 0 aromatic heterocycles. The Kier molecular flexibility index (Phi) is 4.56. The van der Waals surface area contributed by atoms with Gasteiger partial charge >= 0.3 is 0 Å². The summed E-state index contributed by atoms with van der Waals surface area (Å²) in [5.74, 6) is -0.126. The molecule has 19 heavy (non-hydrogen) atoms. The zero-order valence-electron chi connectivity index (χ0n) is 11.3. The van der Waals surface area contributed by atoms with Crippen molar-refractivity contribution in [3.05, 3.63) is 35.4 Å². The molecule has 4 heteroatoms. The summed E-state index contributed by atoms with van der Waals surface area (Å²) in [5.41, 5.74) is 1.31. The highest BCUT2D eigenvalue weighted by molar-refractivity contribution is 5.94. The monoisotopic (exact) mass is 263 g/mol. The van der Waals surface area contributed by atoms with E-state index in [-0.39, 0.29) is 12.5 Å². The van der Waals surface area contributed by atoms with E-state index < -0.39 is 5.54 Å². The molecule has 1 aromatic carbocycles. The molecular formula is C15H21NO3. The largest absolute Gasteiger partial charge is 0.394 e. The van der Waals surface area contributed by atoms with Crippen molar-refractivity contribution in [3.63, 3.8) is 0 Å². The van der Waals surface area contributed by atoms with Gasteiger partial charge in [-0.25, -0.2) is 0 Å². The van der Waals surface area contributed by atoms with Gasteiger partial charge in [-0.15, -0.1) is 0 Å². The molecule has 0 saturated carbocycles. The van der Waals surface area contributed by atoms with Gasteiger partial charge < -0.3 is 15.2 Å². The summed E-state index contributed by atoms with van der Waals surface area (Å²) in [5, 5.41) is 12.5. The molecule has 4 nitrogen and oxygen atoms in total. The highest BCUT2D eigenvalue weighted by atomic mass is 16.5. The van der Waals surface area contributed by atoms with Crippen molar-refractivity contribution in [1.82, 2.24) is 5.32 Å². The van der Waals surface area contributed by atoms with E-state index in [1.54, 1.807) is 0 Å². The lowest BCUT2D eigenvalue weighted by molar-refractivity contribution is 0.0125. The second-order valence-corrected chi connectivity index (χ2v) is 5.06. The predicted octanol–water partition coefficient (Wildman–Crippen LogP) is 1.52. The fourth-order valence-electron chi connectivity index (χ4n) is 2.29. The number of rotatable bonds is 4. The molecule has 2 rings (SSSR count). The summed E-state index contributed by atoms with van der Waals surface area (Å²) in [6.07, 6.45) is 2.27. The van der Waals surface area contributed by atoms with Crippen molar-refractivity contribution >= 4 is 5.91 Å². The van der Waals surface area contributed by atoms with E-state index >= 15 is 0 Å². The van der Waals surface area contributed by atoms with Gasteiger partial charge in [0.05, 0.1) is 12.1 Å². The van der Waals surface area contributed by atoms with Crippen LogP contribution in [-0.4, -0.2) is 36.4 Å². The van der Waals surface area contributed by atoms with Crippen LogP contribution in [0.15, 0.2) is 24.3 Å². The Morgan fingerprint density at radius 1 is 1.32 bits per heavy atom. The van der Waals surface area contributed by atoms with Crippen molar-refractivity contribution < 1.29 is 14.6 Å². The summed E-state index contributed by atoms with van der Waals surface area (Å²) in [7, 11) is 0. The van der Waals surface area contributed by atoms with Gasteiger partial charge in [0.15, 0.2) is 0 Å². The maximum Gasteiger partial charge on any atom is 0.251 e. The Morgan fingerprint density at radius 2 is 1.95 bits per heavy atom. The number of aliphatic hydroxyl groups excluding tert-OH is 1. The van der Waals surface area contributed by atoms with Crippen molar-refractivity contribution in [1.29, 1.82) is 0 Å². The summed E-state index contributed by atoms with van der Waals surface area (Å²) >= 11 is 0.